The third kappa shape index (κ3) is 3.17. The maximum atomic E-state index is 12.2. The molecule has 0 aliphatic carbocycles. The lowest BCUT2D eigenvalue weighted by molar-refractivity contribution is 0.354. The van der Waals surface area contributed by atoms with Gasteiger partial charge in [0.05, 0.1) is 19.1 Å². The van der Waals surface area contributed by atoms with E-state index in [-0.39, 0.29) is 10.9 Å². The Bertz CT molecular complexity index is 539. The molecule has 1 aliphatic rings. The average molecular weight is 286 g/mol. The quantitative estimate of drug-likeness (QED) is 0.816. The van der Waals surface area contributed by atoms with Crippen LogP contribution < -0.4 is 19.5 Å². The molecule has 2 N–H and O–H groups in total. The predicted octanol–water partition coefficient (Wildman–Crippen LogP) is 0.344. The monoisotopic (exact) mass is 286 g/mol. The highest BCUT2D eigenvalue weighted by Crippen LogP contribution is 2.29. The molecule has 2 rings (SSSR count). The fourth-order valence-corrected chi connectivity index (χ4v) is 3.31. The second-order valence-electron chi connectivity index (χ2n) is 4.33. The van der Waals surface area contributed by atoms with E-state index in [0.29, 0.717) is 18.0 Å². The van der Waals surface area contributed by atoms with Gasteiger partial charge in [0.15, 0.2) is 11.5 Å². The van der Waals surface area contributed by atoms with Crippen molar-refractivity contribution in [1.82, 2.24) is 10.0 Å². The molecule has 0 spiro atoms. The fourth-order valence-electron chi connectivity index (χ4n) is 2.03. The Labute approximate surface area is 113 Å². The van der Waals surface area contributed by atoms with E-state index in [9.17, 15) is 8.42 Å². The zero-order valence-electron chi connectivity index (χ0n) is 11.0. The van der Waals surface area contributed by atoms with Crippen molar-refractivity contribution in [2.75, 3.05) is 27.3 Å². The molecule has 1 aromatic carbocycles. The van der Waals surface area contributed by atoms with Gasteiger partial charge in [0.1, 0.15) is 0 Å². The summed E-state index contributed by atoms with van der Waals surface area (Å²) in [7, 11) is -0.544. The Kier molecular flexibility index (Phi) is 4.28. The Balaban J connectivity index is 2.24. The van der Waals surface area contributed by atoms with Gasteiger partial charge in [-0.1, -0.05) is 0 Å². The molecule has 19 heavy (non-hydrogen) atoms. The van der Waals surface area contributed by atoms with Crippen LogP contribution in [0.1, 0.15) is 6.42 Å². The lowest BCUT2D eigenvalue weighted by Gasteiger charge is -2.14. The molecule has 1 aliphatic heterocycles. The highest BCUT2D eigenvalue weighted by atomic mass is 32.2. The molecular formula is C12H18N2O4S. The first kappa shape index (κ1) is 14.1. The highest BCUT2D eigenvalue weighted by Gasteiger charge is 2.23. The normalized spacial score (nSPS) is 19.4. The molecule has 1 atom stereocenters. The number of rotatable bonds is 5. The standard InChI is InChI=1S/C12H18N2O4S/c1-17-11-4-3-10(7-12(11)18-2)19(15,16)14-9-5-6-13-8-9/h3-4,7,9,13-14H,5-6,8H2,1-2H3/t9-/m0/s1. The highest BCUT2D eigenvalue weighted by molar-refractivity contribution is 7.89. The summed E-state index contributed by atoms with van der Waals surface area (Å²) in [6, 6.07) is 4.49. The first-order valence-corrected chi connectivity index (χ1v) is 7.50. The van der Waals surface area contributed by atoms with Gasteiger partial charge in [0, 0.05) is 18.7 Å². The second kappa shape index (κ2) is 5.77. The molecule has 0 amide bonds. The lowest BCUT2D eigenvalue weighted by Crippen LogP contribution is -2.36. The number of hydrogen-bond donors (Lipinski definition) is 2. The summed E-state index contributed by atoms with van der Waals surface area (Å²) in [5.74, 6) is 0.902. The van der Waals surface area contributed by atoms with Gasteiger partial charge in [-0.05, 0) is 25.1 Å². The van der Waals surface area contributed by atoms with E-state index in [1.807, 2.05) is 0 Å². The summed E-state index contributed by atoms with van der Waals surface area (Å²) in [5.41, 5.74) is 0. The van der Waals surface area contributed by atoms with E-state index in [4.69, 9.17) is 9.47 Å². The van der Waals surface area contributed by atoms with Crippen molar-refractivity contribution < 1.29 is 17.9 Å². The third-order valence-electron chi connectivity index (χ3n) is 3.05. The number of ether oxygens (including phenoxy) is 2. The minimum atomic E-state index is -3.53. The van der Waals surface area contributed by atoms with E-state index >= 15 is 0 Å². The van der Waals surface area contributed by atoms with Gasteiger partial charge in [0.25, 0.3) is 0 Å². The molecule has 7 heteroatoms. The van der Waals surface area contributed by atoms with Crippen molar-refractivity contribution in [3.05, 3.63) is 18.2 Å². The smallest absolute Gasteiger partial charge is 0.241 e. The largest absolute Gasteiger partial charge is 0.493 e. The molecule has 1 heterocycles. The fraction of sp³-hybridized carbons (Fsp3) is 0.500. The van der Waals surface area contributed by atoms with Crippen molar-refractivity contribution in [2.45, 2.75) is 17.4 Å². The Hall–Kier alpha value is -1.31. The van der Waals surface area contributed by atoms with Crippen LogP contribution in [0.2, 0.25) is 0 Å². The molecule has 0 aromatic heterocycles. The lowest BCUT2D eigenvalue weighted by atomic mass is 10.3. The van der Waals surface area contributed by atoms with Gasteiger partial charge in [-0.25, -0.2) is 13.1 Å². The maximum Gasteiger partial charge on any atom is 0.241 e. The summed E-state index contributed by atoms with van der Waals surface area (Å²) in [5, 5.41) is 3.12. The molecule has 1 fully saturated rings. The van der Waals surface area contributed by atoms with Crippen molar-refractivity contribution in [1.29, 1.82) is 0 Å². The van der Waals surface area contributed by atoms with Crippen LogP contribution in [0.25, 0.3) is 0 Å². The first-order chi connectivity index (χ1) is 9.06. The van der Waals surface area contributed by atoms with Gasteiger partial charge in [-0.3, -0.25) is 0 Å². The minimum absolute atomic E-state index is 0.0573. The number of benzene rings is 1. The minimum Gasteiger partial charge on any atom is -0.493 e. The van der Waals surface area contributed by atoms with Gasteiger partial charge < -0.3 is 14.8 Å². The van der Waals surface area contributed by atoms with Crippen LogP contribution in [-0.4, -0.2) is 41.8 Å². The molecule has 0 saturated carbocycles. The third-order valence-corrected chi connectivity index (χ3v) is 4.57. The summed E-state index contributed by atoms with van der Waals surface area (Å²) in [4.78, 5) is 0.178. The number of nitrogens with one attached hydrogen (secondary N) is 2. The summed E-state index contributed by atoms with van der Waals surface area (Å²) in [6.45, 7) is 1.49. The van der Waals surface area contributed by atoms with Gasteiger partial charge >= 0.3 is 0 Å². The van der Waals surface area contributed by atoms with Crippen LogP contribution in [0.5, 0.6) is 11.5 Å². The predicted molar refractivity (Wildman–Crippen MR) is 71.1 cm³/mol. The van der Waals surface area contributed by atoms with E-state index in [1.54, 1.807) is 6.07 Å². The van der Waals surface area contributed by atoms with Gasteiger partial charge in [-0.15, -0.1) is 0 Å². The van der Waals surface area contributed by atoms with Crippen molar-refractivity contribution in [3.8, 4) is 11.5 Å². The van der Waals surface area contributed by atoms with Crippen LogP contribution in [0.3, 0.4) is 0 Å². The first-order valence-electron chi connectivity index (χ1n) is 6.02. The van der Waals surface area contributed by atoms with E-state index in [2.05, 4.69) is 10.0 Å². The van der Waals surface area contributed by atoms with E-state index in [1.165, 1.54) is 26.4 Å². The topological polar surface area (TPSA) is 76.7 Å². The molecule has 106 valence electrons. The van der Waals surface area contributed by atoms with E-state index in [0.717, 1.165) is 13.0 Å². The van der Waals surface area contributed by atoms with Crippen LogP contribution in [0.4, 0.5) is 0 Å². The van der Waals surface area contributed by atoms with Crippen LogP contribution >= 0.6 is 0 Å². The van der Waals surface area contributed by atoms with E-state index < -0.39 is 10.0 Å². The summed E-state index contributed by atoms with van der Waals surface area (Å²) >= 11 is 0. The van der Waals surface area contributed by atoms with Crippen molar-refractivity contribution in [3.63, 3.8) is 0 Å². The van der Waals surface area contributed by atoms with Crippen molar-refractivity contribution >= 4 is 10.0 Å². The molecule has 1 saturated heterocycles. The Morgan fingerprint density at radius 1 is 1.26 bits per heavy atom. The zero-order chi connectivity index (χ0) is 13.9. The average Bonchev–Trinajstić information content (AvgIpc) is 2.89. The van der Waals surface area contributed by atoms with Crippen molar-refractivity contribution in [2.24, 2.45) is 0 Å². The van der Waals surface area contributed by atoms with Crippen LogP contribution in [0.15, 0.2) is 23.1 Å². The number of hydrogen-bond acceptors (Lipinski definition) is 5. The zero-order valence-corrected chi connectivity index (χ0v) is 11.8. The molecule has 6 nitrogen and oxygen atoms in total. The number of methoxy groups -OCH3 is 2. The molecule has 1 aromatic rings. The van der Waals surface area contributed by atoms with Gasteiger partial charge in [-0.2, -0.15) is 0 Å². The maximum absolute atomic E-state index is 12.2. The molecular weight excluding hydrogens is 268 g/mol. The Morgan fingerprint density at radius 3 is 2.58 bits per heavy atom. The van der Waals surface area contributed by atoms with Crippen LogP contribution in [-0.2, 0) is 10.0 Å². The van der Waals surface area contributed by atoms with Gasteiger partial charge in [0.2, 0.25) is 10.0 Å². The number of sulfonamides is 1. The Morgan fingerprint density at radius 2 is 2.00 bits per heavy atom. The molecule has 0 radical (unpaired) electrons. The second-order valence-corrected chi connectivity index (χ2v) is 6.04. The molecule has 0 bridgehead atoms. The van der Waals surface area contributed by atoms with Crippen LogP contribution in [0, 0.1) is 0 Å². The summed E-state index contributed by atoms with van der Waals surface area (Å²) in [6.07, 6.45) is 0.798. The molecule has 0 unspecified atom stereocenters. The summed E-state index contributed by atoms with van der Waals surface area (Å²) < 4.78 is 37.3. The SMILES string of the molecule is COc1ccc(S(=O)(=O)N[C@H]2CCNC2)cc1OC.